The smallest absolute Gasteiger partial charge is 0.230 e. The van der Waals surface area contributed by atoms with E-state index < -0.39 is 0 Å². The number of phenolic OH excluding ortho intramolecular Hbond substituents is 1. The van der Waals surface area contributed by atoms with Crippen LogP contribution in [0.3, 0.4) is 0 Å². The molecular formula is C27H26N4O5. The first-order chi connectivity index (χ1) is 17.4. The number of methoxy groups -OCH3 is 2. The third kappa shape index (κ3) is 5.47. The van der Waals surface area contributed by atoms with Gasteiger partial charge in [-0.1, -0.05) is 18.7 Å². The molecule has 0 atom stereocenters. The number of hydrogen-bond donors (Lipinski definition) is 3. The highest BCUT2D eigenvalue weighted by Gasteiger charge is 2.14. The Kier molecular flexibility index (Phi) is 7.20. The van der Waals surface area contributed by atoms with Gasteiger partial charge in [-0.05, 0) is 37.3 Å². The van der Waals surface area contributed by atoms with Crippen LogP contribution in [0.4, 0.5) is 11.4 Å². The van der Waals surface area contributed by atoms with E-state index in [2.05, 4.69) is 27.2 Å². The van der Waals surface area contributed by atoms with E-state index in [-0.39, 0.29) is 18.1 Å². The zero-order valence-corrected chi connectivity index (χ0v) is 20.2. The molecule has 0 aliphatic carbocycles. The average molecular weight is 487 g/mol. The maximum absolute atomic E-state index is 12.3. The molecule has 0 fully saturated rings. The van der Waals surface area contributed by atoms with Gasteiger partial charge in [0.15, 0.2) is 11.5 Å². The molecule has 0 saturated heterocycles. The first-order valence-electron chi connectivity index (χ1n) is 11.1. The monoisotopic (exact) mass is 486 g/mol. The topological polar surface area (TPSA) is 115 Å². The van der Waals surface area contributed by atoms with Crippen LogP contribution >= 0.6 is 0 Å². The molecule has 4 rings (SSSR count). The number of ether oxygens (including phenoxy) is 3. The standard InChI is InChI=1S/C27H26N4O5/c1-16-11-18(30-17(2)12-26(33)31-20-7-5-6-8-22(20)32)15-29-27(16)36-23-9-10-28-21-14-25(35-4)24(34-3)13-19(21)23/h5-11,13-15,30,32H,2,12H2,1,3-4H3,(H,31,33). The van der Waals surface area contributed by atoms with E-state index in [1.54, 1.807) is 56.9 Å². The van der Waals surface area contributed by atoms with Gasteiger partial charge in [0.1, 0.15) is 11.5 Å². The molecule has 0 aliphatic rings. The van der Waals surface area contributed by atoms with Gasteiger partial charge in [0.25, 0.3) is 0 Å². The summed E-state index contributed by atoms with van der Waals surface area (Å²) in [4.78, 5) is 21.1. The first-order valence-corrected chi connectivity index (χ1v) is 11.1. The Morgan fingerprint density at radius 3 is 2.47 bits per heavy atom. The minimum Gasteiger partial charge on any atom is -0.506 e. The number of aromatic hydroxyl groups is 1. The predicted octanol–water partition coefficient (Wildman–Crippen LogP) is 5.41. The molecule has 2 aromatic heterocycles. The van der Waals surface area contributed by atoms with Crippen LogP contribution in [0.1, 0.15) is 12.0 Å². The SMILES string of the molecule is C=C(CC(=O)Nc1ccccc1O)Nc1cnc(Oc2ccnc3cc(OC)c(OC)cc23)c(C)c1. The summed E-state index contributed by atoms with van der Waals surface area (Å²) < 4.78 is 16.9. The fourth-order valence-electron chi connectivity index (χ4n) is 3.59. The minimum absolute atomic E-state index is 0.000563. The molecule has 1 amide bonds. The van der Waals surface area contributed by atoms with E-state index in [4.69, 9.17) is 14.2 Å². The van der Waals surface area contributed by atoms with E-state index in [0.29, 0.717) is 45.7 Å². The van der Waals surface area contributed by atoms with Crippen LogP contribution in [-0.2, 0) is 4.79 Å². The summed E-state index contributed by atoms with van der Waals surface area (Å²) in [6.07, 6.45) is 3.26. The summed E-state index contributed by atoms with van der Waals surface area (Å²) >= 11 is 0. The molecule has 0 bridgehead atoms. The van der Waals surface area contributed by atoms with Crippen LogP contribution in [0.25, 0.3) is 10.9 Å². The van der Waals surface area contributed by atoms with Crippen LogP contribution < -0.4 is 24.8 Å². The van der Waals surface area contributed by atoms with Crippen LogP contribution in [0.2, 0.25) is 0 Å². The molecule has 4 aromatic rings. The minimum atomic E-state index is -0.310. The van der Waals surface area contributed by atoms with Gasteiger partial charge in [-0.2, -0.15) is 0 Å². The van der Waals surface area contributed by atoms with Crippen LogP contribution in [-0.4, -0.2) is 35.2 Å². The molecule has 0 saturated carbocycles. The molecule has 0 unspecified atom stereocenters. The number of aromatic nitrogens is 2. The van der Waals surface area contributed by atoms with E-state index >= 15 is 0 Å². The number of fused-ring (bicyclic) bond motifs is 1. The Balaban J connectivity index is 1.45. The van der Waals surface area contributed by atoms with Crippen molar-refractivity contribution >= 4 is 28.2 Å². The Morgan fingerprint density at radius 1 is 1.00 bits per heavy atom. The maximum atomic E-state index is 12.3. The molecule has 9 nitrogen and oxygen atoms in total. The Bertz CT molecular complexity index is 1440. The molecule has 0 radical (unpaired) electrons. The van der Waals surface area contributed by atoms with E-state index in [0.717, 1.165) is 10.9 Å². The fraction of sp³-hybridized carbons (Fsp3) is 0.148. The second kappa shape index (κ2) is 10.6. The van der Waals surface area contributed by atoms with Gasteiger partial charge in [0.2, 0.25) is 11.8 Å². The zero-order valence-electron chi connectivity index (χ0n) is 20.2. The third-order valence-electron chi connectivity index (χ3n) is 5.32. The van der Waals surface area contributed by atoms with Gasteiger partial charge in [-0.3, -0.25) is 9.78 Å². The van der Waals surface area contributed by atoms with Crippen molar-refractivity contribution < 1.29 is 24.1 Å². The number of para-hydroxylation sites is 2. The summed E-state index contributed by atoms with van der Waals surface area (Å²) in [5.74, 6) is 1.83. The number of anilines is 2. The van der Waals surface area contributed by atoms with Gasteiger partial charge in [0, 0.05) is 28.9 Å². The summed E-state index contributed by atoms with van der Waals surface area (Å²) in [5, 5.41) is 16.3. The van der Waals surface area contributed by atoms with Gasteiger partial charge >= 0.3 is 0 Å². The molecule has 3 N–H and O–H groups in total. The number of nitrogens with one attached hydrogen (secondary N) is 2. The molecule has 2 aromatic carbocycles. The fourth-order valence-corrected chi connectivity index (χ4v) is 3.59. The number of benzene rings is 2. The van der Waals surface area contributed by atoms with Crippen molar-refractivity contribution in [1.82, 2.24) is 9.97 Å². The molecule has 0 aliphatic heterocycles. The van der Waals surface area contributed by atoms with Crippen molar-refractivity contribution in [3.05, 3.63) is 78.8 Å². The average Bonchev–Trinajstić information content (AvgIpc) is 2.86. The predicted molar refractivity (Wildman–Crippen MR) is 138 cm³/mol. The number of carbonyl (C=O) groups is 1. The Labute approximate surface area is 208 Å². The largest absolute Gasteiger partial charge is 0.506 e. The third-order valence-corrected chi connectivity index (χ3v) is 5.32. The number of nitrogens with zero attached hydrogens (tertiary/aromatic N) is 2. The van der Waals surface area contributed by atoms with E-state index in [1.165, 1.54) is 6.07 Å². The number of pyridine rings is 2. The van der Waals surface area contributed by atoms with Crippen LogP contribution in [0, 0.1) is 6.92 Å². The van der Waals surface area contributed by atoms with Crippen molar-refractivity contribution in [3.63, 3.8) is 0 Å². The highest BCUT2D eigenvalue weighted by atomic mass is 16.5. The highest BCUT2D eigenvalue weighted by molar-refractivity contribution is 5.94. The number of hydrogen-bond acceptors (Lipinski definition) is 8. The second-order valence-electron chi connectivity index (χ2n) is 7.95. The van der Waals surface area contributed by atoms with Crippen molar-refractivity contribution in [2.45, 2.75) is 13.3 Å². The Morgan fingerprint density at radius 2 is 1.75 bits per heavy atom. The molecule has 0 spiro atoms. The van der Waals surface area contributed by atoms with Crippen molar-refractivity contribution in [2.24, 2.45) is 0 Å². The summed E-state index contributed by atoms with van der Waals surface area (Å²) in [7, 11) is 3.14. The number of phenols is 1. The second-order valence-corrected chi connectivity index (χ2v) is 7.95. The first kappa shape index (κ1) is 24.3. The summed E-state index contributed by atoms with van der Waals surface area (Å²) in [5.41, 5.74) is 2.94. The van der Waals surface area contributed by atoms with Gasteiger partial charge in [-0.15, -0.1) is 0 Å². The van der Waals surface area contributed by atoms with Crippen LogP contribution in [0.15, 0.2) is 73.2 Å². The van der Waals surface area contributed by atoms with Crippen molar-refractivity contribution in [2.75, 3.05) is 24.9 Å². The molecule has 184 valence electrons. The van der Waals surface area contributed by atoms with Crippen molar-refractivity contribution in [3.8, 4) is 28.9 Å². The number of amides is 1. The number of aryl methyl sites for hydroxylation is 1. The number of rotatable bonds is 9. The van der Waals surface area contributed by atoms with Gasteiger partial charge in [0.05, 0.1) is 43.7 Å². The Hall–Kier alpha value is -4.79. The quantitative estimate of drug-likeness (QED) is 0.269. The summed E-state index contributed by atoms with van der Waals surface area (Å²) in [6, 6.07) is 13.7. The van der Waals surface area contributed by atoms with E-state index in [1.807, 2.05) is 19.1 Å². The molecule has 36 heavy (non-hydrogen) atoms. The molecule has 2 heterocycles. The lowest BCUT2D eigenvalue weighted by Gasteiger charge is -2.14. The van der Waals surface area contributed by atoms with Gasteiger partial charge < -0.3 is 30.0 Å². The lowest BCUT2D eigenvalue weighted by atomic mass is 10.2. The maximum Gasteiger partial charge on any atom is 0.230 e. The molecule has 9 heteroatoms. The van der Waals surface area contributed by atoms with Gasteiger partial charge in [-0.25, -0.2) is 4.98 Å². The normalized spacial score (nSPS) is 10.5. The highest BCUT2D eigenvalue weighted by Crippen LogP contribution is 2.37. The van der Waals surface area contributed by atoms with Crippen LogP contribution in [0.5, 0.6) is 28.9 Å². The zero-order chi connectivity index (χ0) is 25.7. The van der Waals surface area contributed by atoms with Crippen molar-refractivity contribution in [1.29, 1.82) is 0 Å². The van der Waals surface area contributed by atoms with E-state index in [9.17, 15) is 9.90 Å². The molecular weight excluding hydrogens is 460 g/mol. The lowest BCUT2D eigenvalue weighted by Crippen LogP contribution is -2.14. The lowest BCUT2D eigenvalue weighted by molar-refractivity contribution is -0.115. The summed E-state index contributed by atoms with van der Waals surface area (Å²) in [6.45, 7) is 5.79. The number of carbonyl (C=O) groups excluding carboxylic acids is 1.